The van der Waals surface area contributed by atoms with Crippen LogP contribution in [0.15, 0.2) is 47.5 Å². The number of methoxy groups -OCH3 is 1. The van der Waals surface area contributed by atoms with Gasteiger partial charge in [0.15, 0.2) is 4.80 Å². The van der Waals surface area contributed by atoms with Crippen LogP contribution < -0.4 is 9.54 Å². The highest BCUT2D eigenvalue weighted by Crippen LogP contribution is 2.23. The molecule has 0 saturated carbocycles. The summed E-state index contributed by atoms with van der Waals surface area (Å²) in [7, 11) is 1.62. The van der Waals surface area contributed by atoms with Gasteiger partial charge in [0, 0.05) is 3.57 Å². The van der Waals surface area contributed by atoms with Crippen LogP contribution in [0.2, 0.25) is 0 Å². The first-order chi connectivity index (χ1) is 11.6. The zero-order chi connectivity index (χ0) is 17.1. The average molecular weight is 448 g/mol. The lowest BCUT2D eigenvalue weighted by Gasteiger charge is -2.02. The minimum absolute atomic E-state index is 0.274. The minimum atomic E-state index is -0.274. The fourth-order valence-electron chi connectivity index (χ4n) is 2.29. The molecule has 0 aliphatic carbocycles. The molecule has 4 nitrogen and oxygen atoms in total. The van der Waals surface area contributed by atoms with Gasteiger partial charge in [0.25, 0.3) is 5.91 Å². The number of rotatable bonds is 3. The van der Waals surface area contributed by atoms with Gasteiger partial charge in [-0.1, -0.05) is 29.4 Å². The van der Waals surface area contributed by atoms with Crippen LogP contribution in [0.5, 0.6) is 5.75 Å². The maximum absolute atomic E-state index is 12.5. The monoisotopic (exact) mass is 448 g/mol. The van der Waals surface area contributed by atoms with Crippen LogP contribution in [0.3, 0.4) is 0 Å². The summed E-state index contributed by atoms with van der Waals surface area (Å²) in [5, 5.41) is 0. The maximum atomic E-state index is 12.5. The molecule has 0 unspecified atom stereocenters. The fourth-order valence-corrected chi connectivity index (χ4v) is 3.97. The highest BCUT2D eigenvalue weighted by Gasteiger charge is 2.11. The first-order valence-electron chi connectivity index (χ1n) is 7.08. The van der Waals surface area contributed by atoms with Gasteiger partial charge in [-0.2, -0.15) is 4.99 Å². The van der Waals surface area contributed by atoms with E-state index in [9.17, 15) is 4.79 Å². The van der Waals surface area contributed by atoms with E-state index >= 15 is 0 Å². The number of ether oxygens (including phenoxy) is 1. The standard InChI is InChI=1S/C18H13IN2O2S/c1-3-10-21-15-9-8-12(23-2)11-16(15)24-18(21)20-17(22)13-6-4-5-7-14(13)19/h1,4-9,11H,10H2,2H3. The third kappa shape index (κ3) is 3.23. The Morgan fingerprint density at radius 1 is 1.38 bits per heavy atom. The van der Waals surface area contributed by atoms with Crippen LogP contribution in [0.25, 0.3) is 10.2 Å². The predicted octanol–water partition coefficient (Wildman–Crippen LogP) is 3.69. The van der Waals surface area contributed by atoms with Crippen LogP contribution in [-0.4, -0.2) is 17.6 Å². The van der Waals surface area contributed by atoms with Gasteiger partial charge in [0.1, 0.15) is 5.75 Å². The molecule has 1 amide bonds. The van der Waals surface area contributed by atoms with Crippen molar-refractivity contribution < 1.29 is 9.53 Å². The van der Waals surface area contributed by atoms with Gasteiger partial charge in [-0.05, 0) is 52.9 Å². The van der Waals surface area contributed by atoms with Gasteiger partial charge < -0.3 is 9.30 Å². The highest BCUT2D eigenvalue weighted by atomic mass is 127. The largest absolute Gasteiger partial charge is 0.497 e. The van der Waals surface area contributed by atoms with Crippen LogP contribution in [0.4, 0.5) is 0 Å². The highest BCUT2D eigenvalue weighted by molar-refractivity contribution is 14.1. The summed E-state index contributed by atoms with van der Waals surface area (Å²) in [5.41, 5.74) is 1.52. The van der Waals surface area contributed by atoms with Crippen molar-refractivity contribution in [2.45, 2.75) is 6.54 Å². The van der Waals surface area contributed by atoms with E-state index in [1.165, 1.54) is 11.3 Å². The van der Waals surface area contributed by atoms with E-state index in [4.69, 9.17) is 11.2 Å². The van der Waals surface area contributed by atoms with Crippen molar-refractivity contribution in [3.8, 4) is 18.1 Å². The number of carbonyl (C=O) groups excluding carboxylic acids is 1. The number of halogens is 1. The first kappa shape index (κ1) is 16.7. The van der Waals surface area contributed by atoms with E-state index in [-0.39, 0.29) is 5.91 Å². The number of hydrogen-bond donors (Lipinski definition) is 0. The number of hydrogen-bond acceptors (Lipinski definition) is 3. The van der Waals surface area contributed by atoms with Crippen molar-refractivity contribution in [1.29, 1.82) is 0 Å². The summed E-state index contributed by atoms with van der Waals surface area (Å²) in [4.78, 5) is 17.4. The lowest BCUT2D eigenvalue weighted by atomic mass is 10.2. The molecule has 0 aliphatic rings. The van der Waals surface area contributed by atoms with Crippen LogP contribution in [0, 0.1) is 15.9 Å². The molecular formula is C18H13IN2O2S. The zero-order valence-electron chi connectivity index (χ0n) is 12.8. The summed E-state index contributed by atoms with van der Waals surface area (Å²) >= 11 is 3.55. The molecule has 0 spiro atoms. The summed E-state index contributed by atoms with van der Waals surface area (Å²) in [6.07, 6.45) is 5.48. The minimum Gasteiger partial charge on any atom is -0.497 e. The van der Waals surface area contributed by atoms with Crippen molar-refractivity contribution >= 4 is 50.1 Å². The normalized spacial score (nSPS) is 11.5. The Morgan fingerprint density at radius 2 is 2.17 bits per heavy atom. The quantitative estimate of drug-likeness (QED) is 0.453. The fraction of sp³-hybridized carbons (Fsp3) is 0.111. The Hall–Kier alpha value is -2.11. The summed E-state index contributed by atoms with van der Waals surface area (Å²) in [5.74, 6) is 3.10. The molecule has 24 heavy (non-hydrogen) atoms. The first-order valence-corrected chi connectivity index (χ1v) is 8.98. The topological polar surface area (TPSA) is 43.6 Å². The molecule has 0 atom stereocenters. The van der Waals surface area contributed by atoms with Crippen molar-refractivity contribution in [2.24, 2.45) is 4.99 Å². The molecule has 0 fully saturated rings. The van der Waals surface area contributed by atoms with Gasteiger partial charge in [-0.25, -0.2) is 0 Å². The Kier molecular flexibility index (Phi) is 5.02. The second-order valence-corrected chi connectivity index (χ2v) is 7.08. The van der Waals surface area contributed by atoms with Crippen LogP contribution >= 0.6 is 33.9 Å². The van der Waals surface area contributed by atoms with Gasteiger partial charge in [0.2, 0.25) is 0 Å². The van der Waals surface area contributed by atoms with Gasteiger partial charge in [-0.15, -0.1) is 6.42 Å². The summed E-state index contributed by atoms with van der Waals surface area (Å²) < 4.78 is 8.97. The second kappa shape index (κ2) is 7.20. The predicted molar refractivity (Wildman–Crippen MR) is 104 cm³/mol. The molecule has 0 radical (unpaired) electrons. The maximum Gasteiger partial charge on any atom is 0.280 e. The van der Waals surface area contributed by atoms with Crippen molar-refractivity contribution in [3.63, 3.8) is 0 Å². The molecule has 1 aromatic heterocycles. The molecule has 2 aromatic carbocycles. The lowest BCUT2D eigenvalue weighted by Crippen LogP contribution is -2.16. The van der Waals surface area contributed by atoms with Gasteiger partial charge in [-0.3, -0.25) is 4.79 Å². The number of fused-ring (bicyclic) bond motifs is 1. The number of benzene rings is 2. The van der Waals surface area contributed by atoms with E-state index in [2.05, 4.69) is 33.5 Å². The molecule has 0 bridgehead atoms. The number of thiazole rings is 1. The molecule has 3 aromatic rings. The van der Waals surface area contributed by atoms with Crippen LogP contribution in [-0.2, 0) is 6.54 Å². The molecule has 0 saturated heterocycles. The van der Waals surface area contributed by atoms with Crippen LogP contribution in [0.1, 0.15) is 10.4 Å². The molecule has 0 aliphatic heterocycles. The average Bonchev–Trinajstić information content (AvgIpc) is 2.92. The SMILES string of the molecule is C#CCn1c(=NC(=O)c2ccccc2I)sc2cc(OC)ccc21. The van der Waals surface area contributed by atoms with Crippen molar-refractivity contribution in [2.75, 3.05) is 7.11 Å². The Balaban J connectivity index is 2.17. The number of nitrogens with zero attached hydrogens (tertiary/aromatic N) is 2. The third-order valence-corrected chi connectivity index (χ3v) is 5.42. The number of amides is 1. The number of aromatic nitrogens is 1. The summed E-state index contributed by atoms with van der Waals surface area (Å²) in [6.45, 7) is 0.352. The Morgan fingerprint density at radius 3 is 2.88 bits per heavy atom. The second-order valence-electron chi connectivity index (χ2n) is 4.91. The molecular weight excluding hydrogens is 435 g/mol. The number of carbonyl (C=O) groups is 1. The Bertz CT molecular complexity index is 1030. The smallest absolute Gasteiger partial charge is 0.280 e. The van der Waals surface area contributed by atoms with Gasteiger partial charge in [0.05, 0.1) is 29.4 Å². The van der Waals surface area contributed by atoms with E-state index in [1.54, 1.807) is 13.2 Å². The zero-order valence-corrected chi connectivity index (χ0v) is 15.8. The third-order valence-electron chi connectivity index (χ3n) is 3.44. The molecule has 3 rings (SSSR count). The molecule has 120 valence electrons. The van der Waals surface area contributed by atoms with E-state index in [1.807, 2.05) is 41.0 Å². The summed E-state index contributed by atoms with van der Waals surface area (Å²) in [6, 6.07) is 13.1. The van der Waals surface area contributed by atoms with E-state index in [0.29, 0.717) is 16.9 Å². The number of terminal acetylenes is 1. The van der Waals surface area contributed by atoms with Crippen molar-refractivity contribution in [1.82, 2.24) is 4.57 Å². The Labute approximate surface area is 156 Å². The lowest BCUT2D eigenvalue weighted by molar-refractivity contribution is 0.0997. The molecule has 6 heteroatoms. The van der Waals surface area contributed by atoms with E-state index < -0.39 is 0 Å². The van der Waals surface area contributed by atoms with E-state index in [0.717, 1.165) is 19.5 Å². The van der Waals surface area contributed by atoms with Gasteiger partial charge >= 0.3 is 0 Å². The molecule has 1 heterocycles. The van der Waals surface area contributed by atoms with Crippen molar-refractivity contribution in [3.05, 3.63) is 56.4 Å². The molecule has 0 N–H and O–H groups in total.